The molecule has 9 rings (SSSR count). The first-order valence-corrected chi connectivity index (χ1v) is 27.3. The molecule has 9 aromatic rings. The van der Waals surface area contributed by atoms with Crippen molar-refractivity contribution in [1.29, 1.82) is 0 Å². The largest absolute Gasteiger partial charge is 0.497 e. The Balaban J connectivity index is 0.000000215. The molecule has 4 N–H and O–H groups in total. The van der Waals surface area contributed by atoms with E-state index in [9.17, 15) is 19.5 Å². The van der Waals surface area contributed by atoms with Crippen LogP contribution in [0.1, 0.15) is 72.6 Å². The number of carbonyl (C=O) groups excluding carboxylic acids is 2. The number of nitrogens with zero attached hydrogens (tertiary/aromatic N) is 9. The summed E-state index contributed by atoms with van der Waals surface area (Å²) in [5, 5.41) is 34.0. The molecular weight excluding hydrogens is 1120 g/mol. The van der Waals surface area contributed by atoms with E-state index < -0.39 is 25.0 Å². The van der Waals surface area contributed by atoms with Crippen LogP contribution in [-0.2, 0) is 9.47 Å². The SMILES string of the molecule is CO.COC(=O)c1ccc2nc(-c3ccc(OC)cc3)c(N(C)C(C)C)nc2c1.COC(=O)c1ccc2nc(Cl)c(N(C)C(C)C)nc2c1.COc1ccc(-c2nc3ccc(C(=O)O)cc3nc2N(C)C(C)C)cc1.COc1ccc(B(O)O)cc1. The summed E-state index contributed by atoms with van der Waals surface area (Å²) in [6.07, 6.45) is 0. The number of halogens is 1. The second-order valence-electron chi connectivity index (χ2n) is 19.7. The van der Waals surface area contributed by atoms with Gasteiger partial charge in [-0.05, 0) is 162 Å². The molecule has 0 atom stereocenters. The van der Waals surface area contributed by atoms with E-state index in [1.54, 1.807) is 100 Å². The Morgan fingerprint density at radius 1 is 0.442 bits per heavy atom. The molecule has 23 heteroatoms. The quantitative estimate of drug-likeness (QED) is 0.0549. The Morgan fingerprint density at radius 3 is 1.08 bits per heavy atom. The van der Waals surface area contributed by atoms with Gasteiger partial charge in [-0.15, -0.1) is 0 Å². The molecule has 0 aliphatic heterocycles. The number of hydrogen-bond donors (Lipinski definition) is 4. The fourth-order valence-electron chi connectivity index (χ4n) is 7.85. The molecule has 0 bridgehead atoms. The smallest absolute Gasteiger partial charge is 0.488 e. The lowest BCUT2D eigenvalue weighted by molar-refractivity contribution is 0.0592. The van der Waals surface area contributed by atoms with Gasteiger partial charge in [0, 0.05) is 57.5 Å². The lowest BCUT2D eigenvalue weighted by Gasteiger charge is -2.25. The predicted molar refractivity (Wildman–Crippen MR) is 339 cm³/mol. The van der Waals surface area contributed by atoms with E-state index in [0.29, 0.717) is 66.7 Å². The molecule has 6 aromatic carbocycles. The average Bonchev–Trinajstić information content (AvgIpc) is 2.50. The van der Waals surface area contributed by atoms with E-state index in [2.05, 4.69) is 42.6 Å². The molecule has 0 saturated heterocycles. The summed E-state index contributed by atoms with van der Waals surface area (Å²) in [5.41, 5.74) is 8.79. The molecule has 0 amide bonds. The summed E-state index contributed by atoms with van der Waals surface area (Å²) >= 11 is 6.16. The third-order valence-corrected chi connectivity index (χ3v) is 13.7. The number of benzene rings is 6. The van der Waals surface area contributed by atoms with Crippen molar-refractivity contribution in [2.24, 2.45) is 0 Å². The molecule has 0 radical (unpaired) electrons. The number of ether oxygens (including phenoxy) is 5. The Labute approximate surface area is 505 Å². The maximum Gasteiger partial charge on any atom is 0.488 e. The first-order chi connectivity index (χ1) is 41.0. The lowest BCUT2D eigenvalue weighted by Crippen LogP contribution is -2.29. The van der Waals surface area contributed by atoms with Crippen molar-refractivity contribution >= 4 is 92.6 Å². The first-order valence-electron chi connectivity index (χ1n) is 27.0. The van der Waals surface area contributed by atoms with Crippen LogP contribution in [0.25, 0.3) is 55.6 Å². The van der Waals surface area contributed by atoms with E-state index in [1.807, 2.05) is 93.3 Å². The average molecular weight is 1190 g/mol. The molecule has 0 spiro atoms. The van der Waals surface area contributed by atoms with Crippen LogP contribution in [0.4, 0.5) is 17.5 Å². The van der Waals surface area contributed by atoms with Gasteiger partial charge < -0.3 is 58.6 Å². The molecule has 0 aliphatic rings. The van der Waals surface area contributed by atoms with Crippen LogP contribution in [0.5, 0.6) is 17.2 Å². The van der Waals surface area contributed by atoms with Crippen LogP contribution in [0, 0.1) is 0 Å². The van der Waals surface area contributed by atoms with Crippen molar-refractivity contribution in [3.8, 4) is 39.8 Å². The third kappa shape index (κ3) is 17.2. The summed E-state index contributed by atoms with van der Waals surface area (Å²) < 4.78 is 24.9. The minimum atomic E-state index is -1.40. The Bertz CT molecular complexity index is 3730. The van der Waals surface area contributed by atoms with Crippen molar-refractivity contribution in [3.05, 3.63) is 149 Å². The Kier molecular flexibility index (Phi) is 24.8. The third-order valence-electron chi connectivity index (χ3n) is 13.5. The van der Waals surface area contributed by atoms with Crippen LogP contribution in [0.3, 0.4) is 0 Å². The number of anilines is 3. The van der Waals surface area contributed by atoms with Crippen LogP contribution in [-0.4, -0.2) is 157 Å². The number of aromatic nitrogens is 6. The van der Waals surface area contributed by atoms with Crippen molar-refractivity contribution in [2.45, 2.75) is 59.7 Å². The first kappa shape index (κ1) is 67.6. The topological polar surface area (TPSA) is 265 Å². The Morgan fingerprint density at radius 2 is 0.756 bits per heavy atom. The van der Waals surface area contributed by atoms with Crippen LogP contribution < -0.4 is 34.4 Å². The predicted octanol–water partition coefficient (Wildman–Crippen LogP) is 9.68. The van der Waals surface area contributed by atoms with E-state index in [4.69, 9.17) is 70.4 Å². The van der Waals surface area contributed by atoms with Gasteiger partial charge in [0.25, 0.3) is 0 Å². The molecular formula is C63H73BClN9O12. The molecule has 452 valence electrons. The molecule has 0 saturated carbocycles. The van der Waals surface area contributed by atoms with Crippen molar-refractivity contribution in [2.75, 3.05) is 78.5 Å². The van der Waals surface area contributed by atoms with E-state index in [-0.39, 0.29) is 23.7 Å². The van der Waals surface area contributed by atoms with Gasteiger partial charge in [0.1, 0.15) is 28.6 Å². The zero-order valence-electron chi connectivity index (χ0n) is 50.9. The van der Waals surface area contributed by atoms with E-state index in [0.717, 1.165) is 52.5 Å². The second kappa shape index (κ2) is 31.6. The number of carbonyl (C=O) groups is 3. The number of hydrogen-bond acceptors (Lipinski definition) is 20. The number of rotatable bonds is 15. The number of aromatic carboxylic acids is 1. The highest BCUT2D eigenvalue weighted by molar-refractivity contribution is 6.58. The number of aliphatic hydroxyl groups excluding tert-OH is 1. The minimum absolute atomic E-state index is 0.196. The molecule has 21 nitrogen and oxygen atoms in total. The van der Waals surface area contributed by atoms with Gasteiger partial charge in [0.15, 0.2) is 22.6 Å². The number of aliphatic hydroxyl groups is 1. The van der Waals surface area contributed by atoms with Gasteiger partial charge in [0.2, 0.25) is 0 Å². The maximum absolute atomic E-state index is 11.8. The molecule has 0 aliphatic carbocycles. The van der Waals surface area contributed by atoms with Crippen molar-refractivity contribution in [1.82, 2.24) is 29.9 Å². The van der Waals surface area contributed by atoms with Gasteiger partial charge in [0.05, 0.1) is 85.3 Å². The van der Waals surface area contributed by atoms with Crippen molar-refractivity contribution < 1.29 is 58.3 Å². The number of methoxy groups -OCH3 is 5. The van der Waals surface area contributed by atoms with Crippen LogP contribution in [0.15, 0.2) is 127 Å². The second-order valence-corrected chi connectivity index (χ2v) is 20.1. The van der Waals surface area contributed by atoms with Crippen molar-refractivity contribution in [3.63, 3.8) is 0 Å². The van der Waals surface area contributed by atoms with Gasteiger partial charge in [-0.2, -0.15) is 0 Å². The van der Waals surface area contributed by atoms with E-state index >= 15 is 0 Å². The fraction of sp³-hybridized carbons (Fsp3) is 0.286. The standard InChI is InChI=1S/C21H23N3O3.C20H21N3O3.C14H16ClN3O2.C7H9BO3.CH4O/c1-13(2)24(3)20-19(14-6-9-16(26-4)10-7-14)22-17-11-8-15(21(25)27-5)12-18(17)23-20;1-12(2)23(3)19-18(13-5-8-15(26-4)9-6-13)21-16-10-7-14(20(24)25)11-17(16)22-19;1-8(2)18(3)13-12(15)16-10-6-5-9(14(19)20-4)7-11(10)17-13;1-11-7-4-2-6(3-5-7)8(9)10;1-2/h6-13H,1-5H3;5-12H,1-4H3,(H,24,25);5-8H,1-4H3;2-5,9-10H,1H3;2H,1H3. The number of fused-ring (bicyclic) bond motifs is 3. The van der Waals surface area contributed by atoms with Gasteiger partial charge in [-0.1, -0.05) is 23.7 Å². The molecule has 86 heavy (non-hydrogen) atoms. The number of esters is 2. The number of carboxylic acids is 1. The van der Waals surface area contributed by atoms with Gasteiger partial charge >= 0.3 is 25.0 Å². The minimum Gasteiger partial charge on any atom is -0.497 e. The molecule has 0 fully saturated rings. The zero-order valence-corrected chi connectivity index (χ0v) is 51.6. The molecule has 3 heterocycles. The highest BCUT2D eigenvalue weighted by Gasteiger charge is 2.21. The summed E-state index contributed by atoms with van der Waals surface area (Å²) in [6.45, 7) is 12.4. The highest BCUT2D eigenvalue weighted by Crippen LogP contribution is 2.34. The fourth-order valence-corrected chi connectivity index (χ4v) is 8.11. The van der Waals surface area contributed by atoms with E-state index in [1.165, 1.54) is 14.2 Å². The highest BCUT2D eigenvalue weighted by atomic mass is 35.5. The summed E-state index contributed by atoms with van der Waals surface area (Å²) in [4.78, 5) is 68.6. The Hall–Kier alpha value is -9.22. The van der Waals surface area contributed by atoms with Crippen LogP contribution in [0.2, 0.25) is 5.15 Å². The molecule has 0 unspecified atom stereocenters. The summed E-state index contributed by atoms with van der Waals surface area (Å²) in [6, 6.07) is 37.6. The zero-order chi connectivity index (χ0) is 63.5. The maximum atomic E-state index is 11.8. The monoisotopic (exact) mass is 1190 g/mol. The van der Waals surface area contributed by atoms with Crippen LogP contribution >= 0.6 is 11.6 Å². The lowest BCUT2D eigenvalue weighted by atomic mass is 9.80. The molecule has 3 aromatic heterocycles. The normalized spacial score (nSPS) is 10.5. The number of carboxylic acid groups (broad SMARTS) is 1. The van der Waals surface area contributed by atoms with Gasteiger partial charge in [-0.25, -0.2) is 44.3 Å². The summed E-state index contributed by atoms with van der Waals surface area (Å²) in [5.74, 6) is 2.54. The summed E-state index contributed by atoms with van der Waals surface area (Å²) in [7, 11) is 13.0. The van der Waals surface area contributed by atoms with Gasteiger partial charge in [-0.3, -0.25) is 0 Å².